The fourth-order valence-electron chi connectivity index (χ4n) is 3.75. The molecule has 0 aliphatic heterocycles. The predicted molar refractivity (Wildman–Crippen MR) is 128 cm³/mol. The van der Waals surface area contributed by atoms with Crippen molar-refractivity contribution in [1.82, 2.24) is 14.9 Å². The summed E-state index contributed by atoms with van der Waals surface area (Å²) in [5.74, 6) is 2.41. The number of hydrogen-bond donors (Lipinski definition) is 1. The third-order valence-corrected chi connectivity index (χ3v) is 5.41. The van der Waals surface area contributed by atoms with Gasteiger partial charge in [0.05, 0.1) is 30.8 Å². The normalized spacial score (nSPS) is 11.8. The molecular weight excluding hydrogens is 402 g/mol. The molecule has 3 aromatic rings. The van der Waals surface area contributed by atoms with Crippen molar-refractivity contribution in [2.24, 2.45) is 0 Å². The molecule has 6 nitrogen and oxygen atoms in total. The third kappa shape index (κ3) is 5.69. The zero-order valence-corrected chi connectivity index (χ0v) is 19.3. The van der Waals surface area contributed by atoms with Crippen molar-refractivity contribution in [3.8, 4) is 11.5 Å². The van der Waals surface area contributed by atoms with Crippen LogP contribution in [-0.2, 0) is 17.8 Å². The Labute approximate surface area is 190 Å². The average Bonchev–Trinajstić information content (AvgIpc) is 3.18. The summed E-state index contributed by atoms with van der Waals surface area (Å²) in [5, 5.41) is 3.03. The number of carbonyl (C=O) groups excluding carboxylic acids is 1. The molecule has 32 heavy (non-hydrogen) atoms. The van der Waals surface area contributed by atoms with E-state index in [0.29, 0.717) is 13.0 Å². The number of fused-ring (bicyclic) bond motifs is 1. The van der Waals surface area contributed by atoms with Crippen LogP contribution in [0.2, 0.25) is 0 Å². The molecule has 0 fully saturated rings. The number of hydrogen-bond acceptors (Lipinski definition) is 4. The van der Waals surface area contributed by atoms with Crippen LogP contribution in [0.5, 0.6) is 11.5 Å². The highest BCUT2D eigenvalue weighted by atomic mass is 16.5. The fourth-order valence-corrected chi connectivity index (χ4v) is 3.75. The molecule has 3 rings (SSSR count). The molecule has 170 valence electrons. The van der Waals surface area contributed by atoms with Gasteiger partial charge in [-0.3, -0.25) is 4.79 Å². The van der Waals surface area contributed by atoms with E-state index < -0.39 is 0 Å². The maximum absolute atomic E-state index is 11.9. The van der Waals surface area contributed by atoms with Crippen LogP contribution < -0.4 is 14.8 Å². The lowest BCUT2D eigenvalue weighted by molar-refractivity contribution is -0.121. The molecule has 6 heteroatoms. The number of nitrogens with one attached hydrogen (secondary N) is 1. The van der Waals surface area contributed by atoms with Crippen LogP contribution in [-0.4, -0.2) is 29.2 Å². The minimum absolute atomic E-state index is 0.0255. The molecule has 1 heterocycles. The van der Waals surface area contributed by atoms with Gasteiger partial charge in [0.1, 0.15) is 5.82 Å². The van der Waals surface area contributed by atoms with E-state index in [4.69, 9.17) is 14.5 Å². The topological polar surface area (TPSA) is 65.4 Å². The van der Waals surface area contributed by atoms with E-state index in [0.717, 1.165) is 59.7 Å². The van der Waals surface area contributed by atoms with Gasteiger partial charge >= 0.3 is 0 Å². The molecule has 0 saturated heterocycles. The molecule has 1 amide bonds. The predicted octanol–water partition coefficient (Wildman–Crippen LogP) is 5.22. The Hall–Kier alpha value is -3.28. The number of rotatable bonds is 12. The maximum Gasteiger partial charge on any atom is 0.220 e. The number of amides is 1. The van der Waals surface area contributed by atoms with Crippen LogP contribution in [0.25, 0.3) is 11.0 Å². The fraction of sp³-hybridized carbons (Fsp3) is 0.385. The summed E-state index contributed by atoms with van der Waals surface area (Å²) >= 11 is 0. The van der Waals surface area contributed by atoms with E-state index in [2.05, 4.69) is 22.5 Å². The Morgan fingerprint density at radius 3 is 2.78 bits per heavy atom. The summed E-state index contributed by atoms with van der Waals surface area (Å²) in [6, 6.07) is 13.9. The molecule has 1 atom stereocenters. The van der Waals surface area contributed by atoms with Gasteiger partial charge in [0, 0.05) is 13.0 Å². The number of allylic oxidation sites excluding steroid dienone is 1. The minimum atomic E-state index is -0.149. The van der Waals surface area contributed by atoms with Crippen LogP contribution >= 0.6 is 0 Å². The van der Waals surface area contributed by atoms with Crippen molar-refractivity contribution in [3.63, 3.8) is 0 Å². The number of nitrogens with zero attached hydrogens (tertiary/aromatic N) is 2. The molecule has 0 aliphatic carbocycles. The number of aryl methyl sites for hydroxylation is 1. The van der Waals surface area contributed by atoms with Gasteiger partial charge in [-0.25, -0.2) is 4.98 Å². The first kappa shape index (κ1) is 23.4. The van der Waals surface area contributed by atoms with Crippen molar-refractivity contribution >= 4 is 16.9 Å². The summed E-state index contributed by atoms with van der Waals surface area (Å²) in [7, 11) is 1.66. The lowest BCUT2D eigenvalue weighted by Gasteiger charge is -2.16. The zero-order valence-electron chi connectivity index (χ0n) is 19.3. The molecule has 0 aliphatic rings. The molecule has 1 unspecified atom stereocenters. The average molecular weight is 436 g/mol. The number of imidazole rings is 1. The van der Waals surface area contributed by atoms with Gasteiger partial charge in [-0.2, -0.15) is 0 Å². The van der Waals surface area contributed by atoms with Crippen LogP contribution in [0.15, 0.2) is 55.1 Å². The molecular formula is C26H33N3O3. The quantitative estimate of drug-likeness (QED) is 0.313. The van der Waals surface area contributed by atoms with Crippen molar-refractivity contribution in [1.29, 1.82) is 0 Å². The Bertz CT molecular complexity index is 1060. The van der Waals surface area contributed by atoms with Crippen molar-refractivity contribution in [2.45, 2.75) is 52.1 Å². The van der Waals surface area contributed by atoms with Gasteiger partial charge in [0.2, 0.25) is 5.91 Å². The van der Waals surface area contributed by atoms with Gasteiger partial charge in [-0.05, 0) is 56.0 Å². The van der Waals surface area contributed by atoms with E-state index in [-0.39, 0.29) is 11.9 Å². The highest BCUT2D eigenvalue weighted by Crippen LogP contribution is 2.28. The summed E-state index contributed by atoms with van der Waals surface area (Å²) < 4.78 is 13.7. The Kier molecular flexibility index (Phi) is 8.31. The van der Waals surface area contributed by atoms with Gasteiger partial charge < -0.3 is 19.4 Å². The van der Waals surface area contributed by atoms with E-state index >= 15 is 0 Å². The largest absolute Gasteiger partial charge is 0.493 e. The molecule has 2 aromatic carbocycles. The Balaban J connectivity index is 1.62. The highest BCUT2D eigenvalue weighted by molar-refractivity contribution is 5.77. The lowest BCUT2D eigenvalue weighted by Crippen LogP contribution is -2.28. The highest BCUT2D eigenvalue weighted by Gasteiger charge is 2.17. The summed E-state index contributed by atoms with van der Waals surface area (Å²) in [4.78, 5) is 16.7. The molecule has 0 spiro atoms. The number of ether oxygens (including phenoxy) is 2. The van der Waals surface area contributed by atoms with Gasteiger partial charge in [-0.15, -0.1) is 6.58 Å². The maximum atomic E-state index is 11.9. The minimum Gasteiger partial charge on any atom is -0.493 e. The first-order valence-electron chi connectivity index (χ1n) is 11.2. The molecule has 1 N–H and O–H groups in total. The van der Waals surface area contributed by atoms with E-state index in [1.54, 1.807) is 7.11 Å². The van der Waals surface area contributed by atoms with Crippen LogP contribution in [0, 0.1) is 0 Å². The number of unbranched alkanes of at least 4 members (excludes halogenated alkanes) is 1. The second-order valence-electron chi connectivity index (χ2n) is 7.79. The molecule has 0 bridgehead atoms. The second-order valence-corrected chi connectivity index (χ2v) is 7.79. The molecule has 0 radical (unpaired) electrons. The zero-order chi connectivity index (χ0) is 22.9. The number of benzene rings is 2. The van der Waals surface area contributed by atoms with E-state index in [1.807, 2.05) is 56.3 Å². The van der Waals surface area contributed by atoms with Crippen molar-refractivity contribution in [2.75, 3.05) is 13.7 Å². The number of carbonyl (C=O) groups is 1. The van der Waals surface area contributed by atoms with E-state index in [1.165, 1.54) is 0 Å². The van der Waals surface area contributed by atoms with Crippen LogP contribution in [0.1, 0.15) is 50.5 Å². The molecule has 0 saturated carbocycles. The Morgan fingerprint density at radius 1 is 1.22 bits per heavy atom. The third-order valence-electron chi connectivity index (χ3n) is 5.41. The first-order valence-corrected chi connectivity index (χ1v) is 11.2. The summed E-state index contributed by atoms with van der Waals surface area (Å²) in [6.07, 6.45) is 4.95. The lowest BCUT2D eigenvalue weighted by atomic mass is 10.1. The number of aromatic nitrogens is 2. The standard InChI is InChI=1S/C26H33N3O3/c1-5-11-20-14-15-23(24(18-20)31-4)32-17-10-9-16-29-22-13-8-7-12-21(22)28-26(29)19(3)27-25(30)6-2/h5,7-8,12-15,18-19H,1,6,9-11,16-17H2,2-4H3,(H,27,30). The van der Waals surface area contributed by atoms with Gasteiger partial charge in [0.25, 0.3) is 0 Å². The summed E-state index contributed by atoms with van der Waals surface area (Å²) in [6.45, 7) is 9.02. The summed E-state index contributed by atoms with van der Waals surface area (Å²) in [5.41, 5.74) is 3.18. The van der Waals surface area contributed by atoms with Gasteiger partial charge in [0.15, 0.2) is 11.5 Å². The van der Waals surface area contributed by atoms with E-state index in [9.17, 15) is 4.79 Å². The van der Waals surface area contributed by atoms with Crippen LogP contribution in [0.3, 0.4) is 0 Å². The second kappa shape index (κ2) is 11.4. The van der Waals surface area contributed by atoms with Crippen molar-refractivity contribution < 1.29 is 14.3 Å². The number of methoxy groups -OCH3 is 1. The SMILES string of the molecule is C=CCc1ccc(OCCCCn2c(C(C)NC(=O)CC)nc3ccccc32)c(OC)c1. The first-order chi connectivity index (χ1) is 15.6. The smallest absolute Gasteiger partial charge is 0.220 e. The van der Waals surface area contributed by atoms with Crippen molar-refractivity contribution in [3.05, 3.63) is 66.5 Å². The monoisotopic (exact) mass is 435 g/mol. The number of para-hydroxylation sites is 2. The van der Waals surface area contributed by atoms with Gasteiger partial charge in [-0.1, -0.05) is 31.2 Å². The Morgan fingerprint density at radius 2 is 2.03 bits per heavy atom. The molecule has 1 aromatic heterocycles. The van der Waals surface area contributed by atoms with Crippen LogP contribution in [0.4, 0.5) is 0 Å².